The summed E-state index contributed by atoms with van der Waals surface area (Å²) < 4.78 is 34.3. The molecule has 3 aromatic rings. The number of anilines is 4. The summed E-state index contributed by atoms with van der Waals surface area (Å²) in [6.45, 7) is 4.87. The monoisotopic (exact) mass is 429 g/mol. The van der Waals surface area contributed by atoms with Crippen LogP contribution in [0.1, 0.15) is 5.69 Å². The number of benzene rings is 1. The zero-order chi connectivity index (χ0) is 21.1. The molecule has 0 aliphatic carbocycles. The summed E-state index contributed by atoms with van der Waals surface area (Å²) in [5.41, 5.74) is 2.04. The number of imidazole rings is 1. The second kappa shape index (κ2) is 8.28. The lowest BCUT2D eigenvalue weighted by Gasteiger charge is -2.28. The van der Waals surface area contributed by atoms with Gasteiger partial charge in [0, 0.05) is 49.5 Å². The molecule has 3 heterocycles. The second-order valence-corrected chi connectivity index (χ2v) is 8.61. The van der Waals surface area contributed by atoms with Gasteiger partial charge < -0.3 is 19.5 Å². The first-order chi connectivity index (χ1) is 14.4. The molecular weight excluding hydrogens is 406 g/mol. The highest BCUT2D eigenvalue weighted by Gasteiger charge is 2.17. The molecule has 0 unspecified atom stereocenters. The molecule has 10 nitrogen and oxygen atoms in total. The Morgan fingerprint density at radius 1 is 1.07 bits per heavy atom. The van der Waals surface area contributed by atoms with Crippen LogP contribution < -0.4 is 14.9 Å². The van der Waals surface area contributed by atoms with E-state index in [1.165, 1.54) is 12.5 Å². The van der Waals surface area contributed by atoms with Crippen molar-refractivity contribution in [1.29, 1.82) is 0 Å². The highest BCUT2D eigenvalue weighted by atomic mass is 32.2. The van der Waals surface area contributed by atoms with E-state index in [1.807, 2.05) is 13.0 Å². The Kier molecular flexibility index (Phi) is 5.55. The molecule has 1 aliphatic heterocycles. The first-order valence-corrected chi connectivity index (χ1v) is 10.9. The molecule has 4 rings (SSSR count). The van der Waals surface area contributed by atoms with Crippen molar-refractivity contribution in [2.75, 3.05) is 41.2 Å². The van der Waals surface area contributed by atoms with E-state index in [4.69, 9.17) is 4.74 Å². The number of ether oxygens (including phenoxy) is 1. The number of aromatic nitrogens is 4. The molecule has 0 atom stereocenters. The minimum Gasteiger partial charge on any atom is -0.378 e. The standard InChI is InChI=1S/C19H23N7O3S/c1-14-11-17(26-7-9-29-10-8-26)23-19(21-14)22-15-3-5-16(6-4-15)24-30(27,28)18-12-25(2)13-20-18/h3-6,11-13,24H,7-10H2,1-2H3,(H,21,22,23). The molecular formula is C19H23N7O3S. The van der Waals surface area contributed by atoms with E-state index in [0.29, 0.717) is 24.8 Å². The van der Waals surface area contributed by atoms with Gasteiger partial charge in [-0.1, -0.05) is 0 Å². The molecule has 11 heteroatoms. The van der Waals surface area contributed by atoms with Crippen LogP contribution in [0.2, 0.25) is 0 Å². The van der Waals surface area contributed by atoms with Gasteiger partial charge in [0.05, 0.1) is 19.5 Å². The molecule has 0 bridgehead atoms. The SMILES string of the molecule is Cc1cc(N2CCOCC2)nc(Nc2ccc(NS(=O)(=O)c3cn(C)cn3)cc2)n1. The van der Waals surface area contributed by atoms with Crippen LogP contribution in [-0.2, 0) is 21.8 Å². The third kappa shape index (κ3) is 4.69. The van der Waals surface area contributed by atoms with Gasteiger partial charge in [-0.25, -0.2) is 9.97 Å². The normalized spacial score (nSPS) is 14.5. The fourth-order valence-electron chi connectivity index (χ4n) is 3.05. The Hall–Kier alpha value is -3.18. The fraction of sp³-hybridized carbons (Fsp3) is 0.316. The zero-order valence-electron chi connectivity index (χ0n) is 16.7. The van der Waals surface area contributed by atoms with Gasteiger partial charge in [0.2, 0.25) is 5.95 Å². The largest absolute Gasteiger partial charge is 0.378 e. The van der Waals surface area contributed by atoms with E-state index in [1.54, 1.807) is 35.9 Å². The van der Waals surface area contributed by atoms with Gasteiger partial charge in [-0.3, -0.25) is 4.72 Å². The second-order valence-electron chi connectivity index (χ2n) is 6.98. The predicted molar refractivity (Wildman–Crippen MR) is 114 cm³/mol. The summed E-state index contributed by atoms with van der Waals surface area (Å²) in [5, 5.41) is 3.14. The molecule has 2 N–H and O–H groups in total. The van der Waals surface area contributed by atoms with Gasteiger partial charge in [0.15, 0.2) is 5.03 Å². The zero-order valence-corrected chi connectivity index (χ0v) is 17.6. The summed E-state index contributed by atoms with van der Waals surface area (Å²) in [4.78, 5) is 15.1. The van der Waals surface area contributed by atoms with E-state index in [2.05, 4.69) is 29.9 Å². The Morgan fingerprint density at radius 2 is 1.77 bits per heavy atom. The third-order valence-corrected chi connectivity index (χ3v) is 5.79. The van der Waals surface area contributed by atoms with Gasteiger partial charge in [0.1, 0.15) is 5.82 Å². The van der Waals surface area contributed by atoms with E-state index < -0.39 is 10.0 Å². The summed E-state index contributed by atoms with van der Waals surface area (Å²) in [5.74, 6) is 1.34. The summed E-state index contributed by atoms with van der Waals surface area (Å²) in [6, 6.07) is 8.81. The average molecular weight is 430 g/mol. The van der Waals surface area contributed by atoms with Crippen LogP contribution in [0.25, 0.3) is 0 Å². The maximum absolute atomic E-state index is 12.4. The molecule has 2 aromatic heterocycles. The molecule has 0 spiro atoms. The molecule has 30 heavy (non-hydrogen) atoms. The Labute approximate surface area is 175 Å². The van der Waals surface area contributed by atoms with Gasteiger partial charge in [0.25, 0.3) is 10.0 Å². The number of nitrogens with zero attached hydrogens (tertiary/aromatic N) is 5. The molecule has 158 valence electrons. The molecule has 1 fully saturated rings. The maximum atomic E-state index is 12.4. The van der Waals surface area contributed by atoms with Crippen molar-refractivity contribution in [3.63, 3.8) is 0 Å². The van der Waals surface area contributed by atoms with Crippen molar-refractivity contribution in [2.45, 2.75) is 11.9 Å². The van der Waals surface area contributed by atoms with Crippen LogP contribution in [-0.4, -0.2) is 54.2 Å². The predicted octanol–water partition coefficient (Wildman–Crippen LogP) is 1.90. The highest BCUT2D eigenvalue weighted by Crippen LogP contribution is 2.22. The lowest BCUT2D eigenvalue weighted by Crippen LogP contribution is -2.36. The Morgan fingerprint density at radius 3 is 2.43 bits per heavy atom. The van der Waals surface area contributed by atoms with Crippen LogP contribution >= 0.6 is 0 Å². The van der Waals surface area contributed by atoms with E-state index in [9.17, 15) is 8.42 Å². The van der Waals surface area contributed by atoms with Gasteiger partial charge >= 0.3 is 0 Å². The smallest absolute Gasteiger partial charge is 0.280 e. The minimum atomic E-state index is -3.73. The first kappa shape index (κ1) is 20.1. The maximum Gasteiger partial charge on any atom is 0.280 e. The van der Waals surface area contributed by atoms with Crippen molar-refractivity contribution < 1.29 is 13.2 Å². The Bertz CT molecular complexity index is 1120. The Balaban J connectivity index is 1.46. The molecule has 1 saturated heterocycles. The minimum absolute atomic E-state index is 0.0315. The number of morpholine rings is 1. The van der Waals surface area contributed by atoms with E-state index >= 15 is 0 Å². The number of hydrogen-bond acceptors (Lipinski definition) is 8. The topological polar surface area (TPSA) is 114 Å². The lowest BCUT2D eigenvalue weighted by atomic mass is 10.3. The summed E-state index contributed by atoms with van der Waals surface area (Å²) in [6.07, 6.45) is 2.88. The first-order valence-electron chi connectivity index (χ1n) is 9.45. The van der Waals surface area contributed by atoms with Gasteiger partial charge in [-0.2, -0.15) is 13.4 Å². The van der Waals surface area contributed by atoms with Crippen molar-refractivity contribution in [2.24, 2.45) is 7.05 Å². The van der Waals surface area contributed by atoms with Gasteiger partial charge in [-0.15, -0.1) is 0 Å². The molecule has 0 saturated carbocycles. The molecule has 1 aromatic carbocycles. The highest BCUT2D eigenvalue weighted by molar-refractivity contribution is 7.92. The number of hydrogen-bond donors (Lipinski definition) is 2. The van der Waals surface area contributed by atoms with E-state index in [0.717, 1.165) is 30.3 Å². The number of aryl methyl sites for hydroxylation is 2. The van der Waals surface area contributed by atoms with Gasteiger partial charge in [-0.05, 0) is 31.2 Å². The molecule has 1 aliphatic rings. The van der Waals surface area contributed by atoms with Crippen molar-refractivity contribution >= 4 is 33.2 Å². The van der Waals surface area contributed by atoms with Crippen molar-refractivity contribution in [3.8, 4) is 0 Å². The van der Waals surface area contributed by atoms with Crippen molar-refractivity contribution in [3.05, 3.63) is 48.5 Å². The third-order valence-electron chi connectivity index (χ3n) is 4.53. The number of sulfonamides is 1. The number of nitrogens with one attached hydrogen (secondary N) is 2. The lowest BCUT2D eigenvalue weighted by molar-refractivity contribution is 0.122. The number of rotatable bonds is 6. The van der Waals surface area contributed by atoms with Crippen LogP contribution in [0.4, 0.5) is 23.1 Å². The molecule has 0 amide bonds. The summed E-state index contributed by atoms with van der Waals surface area (Å²) in [7, 11) is -2.02. The fourth-order valence-corrected chi connectivity index (χ4v) is 4.09. The van der Waals surface area contributed by atoms with Crippen LogP contribution in [0, 0.1) is 6.92 Å². The van der Waals surface area contributed by atoms with Crippen LogP contribution in [0.5, 0.6) is 0 Å². The quantitative estimate of drug-likeness (QED) is 0.611. The summed E-state index contributed by atoms with van der Waals surface area (Å²) >= 11 is 0. The van der Waals surface area contributed by atoms with E-state index in [-0.39, 0.29) is 5.03 Å². The molecule has 0 radical (unpaired) electrons. The van der Waals surface area contributed by atoms with Crippen LogP contribution in [0.3, 0.4) is 0 Å². The average Bonchev–Trinajstić information content (AvgIpc) is 3.17. The van der Waals surface area contributed by atoms with Crippen LogP contribution in [0.15, 0.2) is 47.9 Å². The van der Waals surface area contributed by atoms with Crippen molar-refractivity contribution in [1.82, 2.24) is 19.5 Å².